The molecule has 2 aromatic heterocycles. The molecule has 0 fully saturated rings. The van der Waals surface area contributed by atoms with Crippen LogP contribution in [0.25, 0.3) is 10.9 Å². The zero-order chi connectivity index (χ0) is 24.0. The highest BCUT2D eigenvalue weighted by molar-refractivity contribution is 6.49. The van der Waals surface area contributed by atoms with Gasteiger partial charge in [0, 0.05) is 70.1 Å². The molecule has 5 rings (SSSR count). The van der Waals surface area contributed by atoms with Crippen LogP contribution >= 0.6 is 23.6 Å². The zero-order valence-electron chi connectivity index (χ0n) is 19.0. The number of hydrogen-bond acceptors (Lipinski definition) is 5. The molecule has 0 aliphatic carbocycles. The first-order chi connectivity index (χ1) is 16.4. The highest BCUT2D eigenvalue weighted by atomic mass is 35.5. The molecule has 8 heteroatoms. The van der Waals surface area contributed by atoms with Crippen LogP contribution in [-0.2, 0) is 16.9 Å². The lowest BCUT2D eigenvalue weighted by molar-refractivity contribution is 0.0238. The van der Waals surface area contributed by atoms with Crippen LogP contribution < -0.4 is 8.67 Å². The van der Waals surface area contributed by atoms with Gasteiger partial charge in [0.15, 0.2) is 0 Å². The summed E-state index contributed by atoms with van der Waals surface area (Å²) in [7, 11) is 0. The van der Waals surface area contributed by atoms with E-state index in [1.807, 2.05) is 38.1 Å². The Bertz CT molecular complexity index is 1420. The van der Waals surface area contributed by atoms with Crippen LogP contribution in [0.15, 0.2) is 60.8 Å². The standard InChI is InChI=1S/C26H23Cl2N3O3/c1-4-30-16(3)23(18-9-6-7-11-21(18)30)26(24-19(25(32)34-26)10-8-14-29-24)20-13-12-17(31(27)28)15-22(20)33-5-2/h6-15H,4-5H2,1-3H3. The lowest BCUT2D eigenvalue weighted by Crippen LogP contribution is -2.32. The van der Waals surface area contributed by atoms with Gasteiger partial charge in [-0.1, -0.05) is 18.2 Å². The van der Waals surface area contributed by atoms with E-state index in [4.69, 9.17) is 33.0 Å². The van der Waals surface area contributed by atoms with Crippen molar-refractivity contribution < 1.29 is 14.3 Å². The Balaban J connectivity index is 1.94. The van der Waals surface area contributed by atoms with E-state index >= 15 is 0 Å². The third-order valence-electron chi connectivity index (χ3n) is 6.35. The van der Waals surface area contributed by atoms with Crippen LogP contribution in [0.5, 0.6) is 5.75 Å². The van der Waals surface area contributed by atoms with Crippen LogP contribution in [0.2, 0.25) is 0 Å². The number of benzene rings is 2. The number of halogens is 2. The lowest BCUT2D eigenvalue weighted by Gasteiger charge is -2.31. The molecular weight excluding hydrogens is 473 g/mol. The minimum absolute atomic E-state index is 0.399. The van der Waals surface area contributed by atoms with Crippen molar-refractivity contribution in [3.05, 3.63) is 88.9 Å². The first kappa shape index (κ1) is 22.6. The highest BCUT2D eigenvalue weighted by Gasteiger charge is 2.54. The van der Waals surface area contributed by atoms with Crippen LogP contribution in [0, 0.1) is 6.92 Å². The summed E-state index contributed by atoms with van der Waals surface area (Å²) in [6.07, 6.45) is 1.68. The van der Waals surface area contributed by atoms with E-state index in [-0.39, 0.29) is 0 Å². The molecular formula is C26H23Cl2N3O3. The van der Waals surface area contributed by atoms with Gasteiger partial charge in [0.1, 0.15) is 11.4 Å². The number of para-hydroxylation sites is 1. The van der Waals surface area contributed by atoms with Gasteiger partial charge < -0.3 is 14.0 Å². The molecule has 2 aromatic carbocycles. The number of carbonyl (C=O) groups is 1. The fourth-order valence-corrected chi connectivity index (χ4v) is 5.25. The van der Waals surface area contributed by atoms with Gasteiger partial charge in [0.05, 0.1) is 17.9 Å². The topological polar surface area (TPSA) is 56.6 Å². The second-order valence-corrected chi connectivity index (χ2v) is 8.89. The van der Waals surface area contributed by atoms with Gasteiger partial charge in [0.25, 0.3) is 0 Å². The van der Waals surface area contributed by atoms with Crippen molar-refractivity contribution in [3.63, 3.8) is 0 Å². The van der Waals surface area contributed by atoms with Gasteiger partial charge in [-0.2, -0.15) is 3.94 Å². The quantitative estimate of drug-likeness (QED) is 0.230. The van der Waals surface area contributed by atoms with Crippen molar-refractivity contribution in [3.8, 4) is 5.75 Å². The van der Waals surface area contributed by atoms with E-state index < -0.39 is 11.6 Å². The smallest absolute Gasteiger partial charge is 0.341 e. The molecule has 0 radical (unpaired) electrons. The molecule has 0 bridgehead atoms. The predicted octanol–water partition coefficient (Wildman–Crippen LogP) is 6.34. The number of pyridine rings is 1. The van der Waals surface area contributed by atoms with E-state index in [0.717, 1.165) is 32.6 Å². The number of carbonyl (C=O) groups excluding carboxylic acids is 1. The van der Waals surface area contributed by atoms with Crippen molar-refractivity contribution in [2.75, 3.05) is 10.5 Å². The first-order valence-electron chi connectivity index (χ1n) is 11.1. The molecule has 0 spiro atoms. The Labute approximate surface area is 207 Å². The van der Waals surface area contributed by atoms with Crippen molar-refractivity contribution in [1.29, 1.82) is 0 Å². The van der Waals surface area contributed by atoms with Gasteiger partial charge in [-0.3, -0.25) is 4.98 Å². The van der Waals surface area contributed by atoms with E-state index in [9.17, 15) is 4.79 Å². The summed E-state index contributed by atoms with van der Waals surface area (Å²) in [5.41, 5.74) is 3.73. The molecule has 1 aliphatic rings. The summed E-state index contributed by atoms with van der Waals surface area (Å²) in [5.74, 6) is 0.0731. The Hall–Kier alpha value is -3.22. The number of esters is 1. The summed E-state index contributed by atoms with van der Waals surface area (Å²) in [5, 5.41) is 0.982. The fraction of sp³-hybridized carbons (Fsp3) is 0.231. The van der Waals surface area contributed by atoms with E-state index in [2.05, 4.69) is 22.5 Å². The number of fused-ring (bicyclic) bond motifs is 2. The highest BCUT2D eigenvalue weighted by Crippen LogP contribution is 2.52. The molecule has 1 unspecified atom stereocenters. The molecule has 174 valence electrons. The van der Waals surface area contributed by atoms with E-state index in [1.165, 1.54) is 0 Å². The second-order valence-electron chi connectivity index (χ2n) is 8.04. The zero-order valence-corrected chi connectivity index (χ0v) is 20.5. The van der Waals surface area contributed by atoms with Gasteiger partial charge in [0.2, 0.25) is 5.60 Å². The van der Waals surface area contributed by atoms with Crippen LogP contribution in [0.4, 0.5) is 5.69 Å². The fourth-order valence-electron chi connectivity index (χ4n) is 5.04. The van der Waals surface area contributed by atoms with Crippen LogP contribution in [0.3, 0.4) is 0 Å². The SMILES string of the molecule is CCOc1cc(N(Cl)Cl)ccc1C1(c2c(C)n(CC)c3ccccc23)OC(=O)c2cccnc21. The molecule has 34 heavy (non-hydrogen) atoms. The van der Waals surface area contributed by atoms with Crippen LogP contribution in [0.1, 0.15) is 46.7 Å². The maximum Gasteiger partial charge on any atom is 0.341 e. The maximum absolute atomic E-state index is 13.2. The minimum atomic E-state index is -1.32. The Kier molecular flexibility index (Phi) is 5.66. The molecule has 0 saturated heterocycles. The number of rotatable bonds is 6. The van der Waals surface area contributed by atoms with Gasteiger partial charge in [-0.25, -0.2) is 4.79 Å². The number of aromatic nitrogens is 2. The van der Waals surface area contributed by atoms with Gasteiger partial charge in [-0.05, 0) is 51.1 Å². The summed E-state index contributed by atoms with van der Waals surface area (Å²) in [4.78, 5) is 17.9. The molecule has 1 aliphatic heterocycles. The van der Waals surface area contributed by atoms with Crippen molar-refractivity contribution in [2.24, 2.45) is 0 Å². The third-order valence-corrected chi connectivity index (χ3v) is 6.74. The monoisotopic (exact) mass is 495 g/mol. The van der Waals surface area contributed by atoms with Gasteiger partial charge in [-0.15, -0.1) is 0 Å². The third kappa shape index (κ3) is 3.16. The predicted molar refractivity (Wildman–Crippen MR) is 134 cm³/mol. The van der Waals surface area contributed by atoms with Crippen molar-refractivity contribution in [1.82, 2.24) is 9.55 Å². The average Bonchev–Trinajstić information content (AvgIpc) is 3.30. The molecule has 1 atom stereocenters. The molecule has 4 aromatic rings. The summed E-state index contributed by atoms with van der Waals surface area (Å²) in [6, 6.07) is 16.9. The molecule has 3 heterocycles. The van der Waals surface area contributed by atoms with Gasteiger partial charge >= 0.3 is 5.97 Å². The van der Waals surface area contributed by atoms with Crippen molar-refractivity contribution in [2.45, 2.75) is 32.9 Å². The normalized spacial score (nSPS) is 17.0. The Morgan fingerprint density at radius 2 is 1.91 bits per heavy atom. The number of nitrogens with zero attached hydrogens (tertiary/aromatic N) is 3. The van der Waals surface area contributed by atoms with E-state index in [1.54, 1.807) is 30.5 Å². The molecule has 0 N–H and O–H groups in total. The first-order valence-corrected chi connectivity index (χ1v) is 11.8. The second kappa shape index (κ2) is 8.53. The molecule has 6 nitrogen and oxygen atoms in total. The number of cyclic esters (lactones) is 1. The number of anilines is 1. The average molecular weight is 496 g/mol. The summed E-state index contributed by atoms with van der Waals surface area (Å²) < 4.78 is 15.6. The number of hydrogen-bond donors (Lipinski definition) is 0. The Morgan fingerprint density at radius 1 is 1.12 bits per heavy atom. The largest absolute Gasteiger partial charge is 0.493 e. The maximum atomic E-state index is 13.2. The molecule has 0 saturated carbocycles. The lowest BCUT2D eigenvalue weighted by atomic mass is 9.80. The Morgan fingerprint density at radius 3 is 2.65 bits per heavy atom. The number of aryl methyl sites for hydroxylation is 1. The molecule has 0 amide bonds. The van der Waals surface area contributed by atoms with Crippen LogP contribution in [-0.4, -0.2) is 22.1 Å². The summed E-state index contributed by atoms with van der Waals surface area (Å²) >= 11 is 12.0. The summed E-state index contributed by atoms with van der Waals surface area (Å²) in [6.45, 7) is 7.19. The number of ether oxygens (including phenoxy) is 2. The van der Waals surface area contributed by atoms with E-state index in [0.29, 0.717) is 34.9 Å². The van der Waals surface area contributed by atoms with Crippen molar-refractivity contribution >= 4 is 46.1 Å². The minimum Gasteiger partial charge on any atom is -0.493 e.